The van der Waals surface area contributed by atoms with Crippen molar-refractivity contribution in [3.63, 3.8) is 0 Å². The Morgan fingerprint density at radius 1 is 1.05 bits per heavy atom. The third kappa shape index (κ3) is 18.0. The lowest BCUT2D eigenvalue weighted by Crippen LogP contribution is -2.24. The van der Waals surface area contributed by atoms with Gasteiger partial charge >= 0.3 is 5.97 Å². The normalized spacial score (nSPS) is 10.8. The maximum Gasteiger partial charge on any atom is 0.304 e. The molecule has 2 radical (unpaired) electrons. The Labute approximate surface area is 124 Å². The van der Waals surface area contributed by atoms with Gasteiger partial charge < -0.3 is 15.7 Å². The highest BCUT2D eigenvalue weighted by Gasteiger charge is 1.96. The fraction of sp³-hybridized carbons (Fsp3) is 0.923. The number of unbranched alkanes of at least 4 members (excludes halogenated alkanes) is 1. The van der Waals surface area contributed by atoms with E-state index in [-0.39, 0.29) is 6.42 Å². The topological polar surface area (TPSA) is 61.4 Å². The lowest BCUT2D eigenvalue weighted by Gasteiger charge is -2.06. The molecule has 0 fully saturated rings. The van der Waals surface area contributed by atoms with E-state index in [1.165, 1.54) is 18.9 Å². The van der Waals surface area contributed by atoms with E-state index in [1.807, 2.05) is 0 Å². The van der Waals surface area contributed by atoms with E-state index in [0.29, 0.717) is 0 Å². The van der Waals surface area contributed by atoms with Gasteiger partial charge in [0.05, 0.1) is 6.42 Å². The minimum atomic E-state index is -0.703. The monoisotopic (exact) mass is 304 g/mol. The van der Waals surface area contributed by atoms with E-state index < -0.39 is 5.97 Å². The molecule has 0 atom stereocenters. The quantitative estimate of drug-likeness (QED) is 0.318. The third-order valence-electron chi connectivity index (χ3n) is 2.62. The van der Waals surface area contributed by atoms with Crippen molar-refractivity contribution in [2.75, 3.05) is 37.7 Å². The molecule has 0 aliphatic heterocycles. The SMILES string of the molecule is C[Si]CCCCNCCCNCCSCCC(=O)O. The molecule has 0 amide bonds. The first-order chi connectivity index (χ1) is 9.27. The maximum atomic E-state index is 10.3. The number of carbonyl (C=O) groups is 1. The Balaban J connectivity index is 2.93. The van der Waals surface area contributed by atoms with Crippen molar-refractivity contribution in [1.82, 2.24) is 10.6 Å². The van der Waals surface area contributed by atoms with Gasteiger partial charge in [-0.25, -0.2) is 0 Å². The number of hydrogen-bond acceptors (Lipinski definition) is 4. The van der Waals surface area contributed by atoms with Gasteiger partial charge in [-0.1, -0.05) is 19.0 Å². The van der Waals surface area contributed by atoms with Crippen LogP contribution >= 0.6 is 11.8 Å². The predicted molar refractivity (Wildman–Crippen MR) is 85.6 cm³/mol. The molecule has 6 heteroatoms. The number of hydrogen-bond donors (Lipinski definition) is 3. The van der Waals surface area contributed by atoms with Crippen molar-refractivity contribution in [3.8, 4) is 0 Å². The Hall–Kier alpha value is -0.0431. The highest BCUT2D eigenvalue weighted by atomic mass is 32.2. The van der Waals surface area contributed by atoms with Crippen molar-refractivity contribution in [1.29, 1.82) is 0 Å². The number of nitrogens with one attached hydrogen (secondary N) is 2. The summed E-state index contributed by atoms with van der Waals surface area (Å²) in [5.74, 6) is 1.01. The molecule has 0 aromatic rings. The Morgan fingerprint density at radius 3 is 2.42 bits per heavy atom. The second kappa shape index (κ2) is 16.0. The van der Waals surface area contributed by atoms with E-state index in [0.717, 1.165) is 53.6 Å². The number of rotatable bonds is 15. The van der Waals surface area contributed by atoms with Gasteiger partial charge in [0.2, 0.25) is 0 Å². The number of thioether (sulfide) groups is 1. The van der Waals surface area contributed by atoms with Crippen molar-refractivity contribution in [2.45, 2.75) is 38.3 Å². The van der Waals surface area contributed by atoms with Gasteiger partial charge in [-0.2, -0.15) is 11.8 Å². The van der Waals surface area contributed by atoms with Crippen LogP contribution in [-0.2, 0) is 4.79 Å². The van der Waals surface area contributed by atoms with Crippen LogP contribution in [0.15, 0.2) is 0 Å². The van der Waals surface area contributed by atoms with Crippen molar-refractivity contribution < 1.29 is 9.90 Å². The molecule has 0 aromatic carbocycles. The summed E-state index contributed by atoms with van der Waals surface area (Å²) in [6, 6.07) is 1.38. The van der Waals surface area contributed by atoms with Crippen LogP contribution < -0.4 is 10.6 Å². The van der Waals surface area contributed by atoms with Gasteiger partial charge in [0, 0.05) is 27.6 Å². The first-order valence-corrected chi connectivity index (χ1v) is 9.99. The van der Waals surface area contributed by atoms with E-state index in [9.17, 15) is 4.79 Å². The minimum Gasteiger partial charge on any atom is -0.481 e. The van der Waals surface area contributed by atoms with Crippen molar-refractivity contribution in [3.05, 3.63) is 0 Å². The molecule has 112 valence electrons. The molecule has 0 saturated heterocycles. The number of carboxylic acid groups (broad SMARTS) is 1. The van der Waals surface area contributed by atoms with Crippen molar-refractivity contribution in [2.24, 2.45) is 0 Å². The largest absolute Gasteiger partial charge is 0.481 e. The first-order valence-electron chi connectivity index (χ1n) is 7.13. The van der Waals surface area contributed by atoms with E-state index in [2.05, 4.69) is 17.2 Å². The molecular weight excluding hydrogens is 276 g/mol. The summed E-state index contributed by atoms with van der Waals surface area (Å²) in [6.07, 6.45) is 4.09. The molecule has 3 N–H and O–H groups in total. The van der Waals surface area contributed by atoms with Crippen LogP contribution in [0.3, 0.4) is 0 Å². The molecule has 0 aliphatic carbocycles. The Morgan fingerprint density at radius 2 is 1.74 bits per heavy atom. The summed E-state index contributed by atoms with van der Waals surface area (Å²) in [4.78, 5) is 10.3. The van der Waals surface area contributed by atoms with E-state index in [1.54, 1.807) is 11.8 Å². The number of aliphatic carboxylic acids is 1. The second-order valence-electron chi connectivity index (χ2n) is 4.42. The molecule has 0 unspecified atom stereocenters. The molecule has 0 rings (SSSR count). The van der Waals surface area contributed by atoms with Crippen LogP contribution in [0.5, 0.6) is 0 Å². The molecule has 0 bridgehead atoms. The summed E-state index contributed by atoms with van der Waals surface area (Å²) in [7, 11) is 1.10. The lowest BCUT2D eigenvalue weighted by atomic mass is 10.3. The van der Waals surface area contributed by atoms with Gasteiger partial charge in [-0.3, -0.25) is 4.79 Å². The van der Waals surface area contributed by atoms with Gasteiger partial charge in [-0.05, 0) is 32.5 Å². The zero-order valence-corrected chi connectivity index (χ0v) is 13.9. The highest BCUT2D eigenvalue weighted by Crippen LogP contribution is 2.00. The minimum absolute atomic E-state index is 0.271. The van der Waals surface area contributed by atoms with Crippen LogP contribution in [0.25, 0.3) is 0 Å². The molecule has 0 aliphatic rings. The smallest absolute Gasteiger partial charge is 0.304 e. The average Bonchev–Trinajstić information content (AvgIpc) is 2.39. The Bertz CT molecular complexity index is 209. The van der Waals surface area contributed by atoms with E-state index in [4.69, 9.17) is 5.11 Å². The molecule has 0 aromatic heterocycles. The molecular formula is C13H28N2O2SSi. The van der Waals surface area contributed by atoms with E-state index >= 15 is 0 Å². The summed E-state index contributed by atoms with van der Waals surface area (Å²) >= 11 is 1.70. The van der Waals surface area contributed by atoms with Crippen molar-refractivity contribution >= 4 is 27.3 Å². The van der Waals surface area contributed by atoms with Crippen LogP contribution in [0, 0.1) is 0 Å². The fourth-order valence-electron chi connectivity index (χ4n) is 1.55. The van der Waals surface area contributed by atoms with Gasteiger partial charge in [0.25, 0.3) is 0 Å². The summed E-state index contributed by atoms with van der Waals surface area (Å²) < 4.78 is 0. The van der Waals surface area contributed by atoms with Crippen LogP contribution in [0.2, 0.25) is 12.6 Å². The first kappa shape index (κ1) is 19.0. The summed E-state index contributed by atoms with van der Waals surface area (Å²) in [5.41, 5.74) is 0. The average molecular weight is 305 g/mol. The van der Waals surface area contributed by atoms with Gasteiger partial charge in [-0.15, -0.1) is 0 Å². The maximum absolute atomic E-state index is 10.3. The molecule has 0 spiro atoms. The highest BCUT2D eigenvalue weighted by molar-refractivity contribution is 7.99. The third-order valence-corrected chi connectivity index (χ3v) is 4.46. The van der Waals surface area contributed by atoms with Crippen LogP contribution in [0.4, 0.5) is 0 Å². The molecule has 4 nitrogen and oxygen atoms in total. The summed E-state index contributed by atoms with van der Waals surface area (Å²) in [5, 5.41) is 15.3. The predicted octanol–water partition coefficient (Wildman–Crippen LogP) is 1.71. The molecule has 0 heterocycles. The number of carboxylic acids is 1. The van der Waals surface area contributed by atoms with Gasteiger partial charge in [0.1, 0.15) is 0 Å². The standard InChI is InChI=1S/C13H28N2O2SSi/c1-19-12-3-2-6-14-7-4-8-15-9-11-18-10-5-13(16)17/h14-15H,2-12H2,1H3,(H,16,17). The lowest BCUT2D eigenvalue weighted by molar-refractivity contribution is -0.136. The molecule has 19 heavy (non-hydrogen) atoms. The van der Waals surface area contributed by atoms with Gasteiger partial charge in [0.15, 0.2) is 0 Å². The Kier molecular flexibility index (Phi) is 16.0. The molecule has 0 saturated carbocycles. The van der Waals surface area contributed by atoms with Crippen LogP contribution in [-0.4, -0.2) is 58.3 Å². The second-order valence-corrected chi connectivity index (χ2v) is 6.85. The zero-order chi connectivity index (χ0) is 14.2. The summed E-state index contributed by atoms with van der Waals surface area (Å²) in [6.45, 7) is 6.52. The zero-order valence-electron chi connectivity index (χ0n) is 12.0. The fourth-order valence-corrected chi connectivity index (χ4v) is 2.96. The van der Waals surface area contributed by atoms with Crippen LogP contribution in [0.1, 0.15) is 25.7 Å².